The molecule has 0 unspecified atom stereocenters. The van der Waals surface area contributed by atoms with E-state index < -0.39 is 0 Å². The Balaban J connectivity index is 1.91. The molecule has 0 saturated heterocycles. The van der Waals surface area contributed by atoms with Gasteiger partial charge in [-0.05, 0) is 57.2 Å². The number of hydrogen-bond donors (Lipinski definition) is 0. The number of ketones is 1. The number of rotatable bonds is 6. The molecule has 3 aromatic rings. The van der Waals surface area contributed by atoms with Crippen molar-refractivity contribution >= 4 is 11.9 Å². The van der Waals surface area contributed by atoms with Crippen molar-refractivity contribution in [2.45, 2.75) is 26.8 Å². The number of allylic oxidation sites excluding steroid dienone is 1. The van der Waals surface area contributed by atoms with Gasteiger partial charge in [0.05, 0.1) is 12.8 Å². The molecule has 2 aromatic carbocycles. The van der Waals surface area contributed by atoms with E-state index in [1.54, 1.807) is 37.5 Å². The number of aryl methyl sites for hydroxylation is 1. The maximum absolute atomic E-state index is 12.5. The Kier molecular flexibility index (Phi) is 5.55. The second-order valence-electron chi connectivity index (χ2n) is 6.80. The predicted octanol–water partition coefficient (Wildman–Crippen LogP) is 5.34. The van der Waals surface area contributed by atoms with E-state index in [0.717, 1.165) is 22.6 Å². The molecule has 0 saturated carbocycles. The van der Waals surface area contributed by atoms with E-state index in [-0.39, 0.29) is 11.8 Å². The van der Waals surface area contributed by atoms with Crippen LogP contribution in [-0.4, -0.2) is 22.7 Å². The smallest absolute Gasteiger partial charge is 0.185 e. The lowest BCUT2D eigenvalue weighted by atomic mass is 10.0. The summed E-state index contributed by atoms with van der Waals surface area (Å²) in [6.45, 7) is 6.23. The number of nitrogens with zero attached hydrogens (tertiary/aromatic N) is 2. The van der Waals surface area contributed by atoms with E-state index in [1.807, 2.05) is 17.0 Å². The van der Waals surface area contributed by atoms with Crippen molar-refractivity contribution in [2.24, 2.45) is 0 Å². The third-order valence-electron chi connectivity index (χ3n) is 4.40. The van der Waals surface area contributed by atoms with Crippen molar-refractivity contribution in [2.75, 3.05) is 7.11 Å². The first-order valence-electron chi connectivity index (χ1n) is 9.00. The summed E-state index contributed by atoms with van der Waals surface area (Å²) in [4.78, 5) is 12.5. The van der Waals surface area contributed by atoms with Crippen LogP contribution in [0.25, 0.3) is 17.3 Å². The molecule has 1 heterocycles. The molecule has 138 valence electrons. The van der Waals surface area contributed by atoms with Crippen LogP contribution in [0.2, 0.25) is 0 Å². The van der Waals surface area contributed by atoms with Crippen LogP contribution in [0.4, 0.5) is 0 Å². The minimum atomic E-state index is -0.0511. The first-order valence-corrected chi connectivity index (χ1v) is 9.00. The van der Waals surface area contributed by atoms with Gasteiger partial charge in [-0.1, -0.05) is 29.8 Å². The standard InChI is InChI=1S/C23H24N2O2/c1-16(2)25-15-20(23(24-25)19-7-5-17(3)6-8-19)11-14-22(26)18-9-12-21(27-4)13-10-18/h5-16H,1-4H3/b14-11+. The highest BCUT2D eigenvalue weighted by atomic mass is 16.5. The highest BCUT2D eigenvalue weighted by Gasteiger charge is 2.11. The molecule has 0 atom stereocenters. The van der Waals surface area contributed by atoms with Gasteiger partial charge in [-0.3, -0.25) is 9.48 Å². The first kappa shape index (κ1) is 18.6. The number of carbonyl (C=O) groups excluding carboxylic acids is 1. The fraction of sp³-hybridized carbons (Fsp3) is 0.217. The van der Waals surface area contributed by atoms with Crippen molar-refractivity contribution in [3.8, 4) is 17.0 Å². The molecule has 0 aliphatic carbocycles. The van der Waals surface area contributed by atoms with Gasteiger partial charge in [0.15, 0.2) is 5.78 Å². The van der Waals surface area contributed by atoms with Crippen LogP contribution in [0.3, 0.4) is 0 Å². The van der Waals surface area contributed by atoms with Gasteiger partial charge in [-0.15, -0.1) is 0 Å². The summed E-state index contributed by atoms with van der Waals surface area (Å²) in [6.07, 6.45) is 5.42. The summed E-state index contributed by atoms with van der Waals surface area (Å²) in [7, 11) is 1.61. The first-order chi connectivity index (χ1) is 13.0. The number of carbonyl (C=O) groups is 1. The Morgan fingerprint density at radius 3 is 2.33 bits per heavy atom. The number of ether oxygens (including phenoxy) is 1. The quantitative estimate of drug-likeness (QED) is 0.440. The van der Waals surface area contributed by atoms with Crippen molar-refractivity contribution < 1.29 is 9.53 Å². The summed E-state index contributed by atoms with van der Waals surface area (Å²) in [5.41, 5.74) is 4.67. The predicted molar refractivity (Wildman–Crippen MR) is 109 cm³/mol. The molecule has 0 bridgehead atoms. The van der Waals surface area contributed by atoms with Gasteiger partial charge in [0.2, 0.25) is 0 Å². The number of benzene rings is 2. The van der Waals surface area contributed by atoms with Crippen molar-refractivity contribution in [1.82, 2.24) is 9.78 Å². The van der Waals surface area contributed by atoms with Crippen molar-refractivity contribution in [1.29, 1.82) is 0 Å². The molecule has 0 aliphatic heterocycles. The third-order valence-corrected chi connectivity index (χ3v) is 4.40. The molecule has 0 radical (unpaired) electrons. The SMILES string of the molecule is COc1ccc(C(=O)/C=C/c2cn(C(C)C)nc2-c2ccc(C)cc2)cc1. The normalized spacial score (nSPS) is 11.3. The van der Waals surface area contributed by atoms with Gasteiger partial charge in [0.1, 0.15) is 5.75 Å². The van der Waals surface area contributed by atoms with Crippen LogP contribution in [0, 0.1) is 6.92 Å². The molecule has 0 N–H and O–H groups in total. The topological polar surface area (TPSA) is 44.1 Å². The van der Waals surface area contributed by atoms with Gasteiger partial charge >= 0.3 is 0 Å². The monoisotopic (exact) mass is 360 g/mol. The number of hydrogen-bond acceptors (Lipinski definition) is 3. The Morgan fingerprint density at radius 2 is 1.74 bits per heavy atom. The van der Waals surface area contributed by atoms with Crippen molar-refractivity contribution in [3.05, 3.63) is 77.5 Å². The van der Waals surface area contributed by atoms with E-state index in [2.05, 4.69) is 45.0 Å². The molecule has 1 aromatic heterocycles. The van der Waals surface area contributed by atoms with Gasteiger partial charge in [0, 0.05) is 28.9 Å². The fourth-order valence-electron chi connectivity index (χ4n) is 2.75. The molecule has 0 aliphatic rings. The highest BCUT2D eigenvalue weighted by Crippen LogP contribution is 2.25. The molecular weight excluding hydrogens is 336 g/mol. The van der Waals surface area contributed by atoms with Gasteiger partial charge in [-0.2, -0.15) is 5.10 Å². The molecule has 0 amide bonds. The maximum atomic E-state index is 12.5. The maximum Gasteiger partial charge on any atom is 0.185 e. The van der Waals surface area contributed by atoms with Crippen LogP contribution in [-0.2, 0) is 0 Å². The summed E-state index contributed by atoms with van der Waals surface area (Å²) in [5, 5.41) is 4.72. The van der Waals surface area contributed by atoms with Gasteiger partial charge in [0.25, 0.3) is 0 Å². The van der Waals surface area contributed by atoms with E-state index in [0.29, 0.717) is 5.56 Å². The minimum Gasteiger partial charge on any atom is -0.497 e. The van der Waals surface area contributed by atoms with Crippen LogP contribution < -0.4 is 4.74 Å². The minimum absolute atomic E-state index is 0.0511. The van der Waals surface area contributed by atoms with E-state index in [9.17, 15) is 4.79 Å². The highest BCUT2D eigenvalue weighted by molar-refractivity contribution is 6.07. The summed E-state index contributed by atoms with van der Waals surface area (Å²) < 4.78 is 7.06. The lowest BCUT2D eigenvalue weighted by Gasteiger charge is -2.03. The van der Waals surface area contributed by atoms with E-state index in [4.69, 9.17) is 9.84 Å². The summed E-state index contributed by atoms with van der Waals surface area (Å²) >= 11 is 0. The average molecular weight is 360 g/mol. The number of aromatic nitrogens is 2. The molecule has 0 fully saturated rings. The molecular formula is C23H24N2O2. The molecule has 3 rings (SSSR count). The second kappa shape index (κ2) is 8.04. The van der Waals surface area contributed by atoms with Crippen molar-refractivity contribution in [3.63, 3.8) is 0 Å². The van der Waals surface area contributed by atoms with Crippen LogP contribution in [0.15, 0.2) is 60.8 Å². The zero-order chi connectivity index (χ0) is 19.4. The third kappa shape index (κ3) is 4.34. The Bertz CT molecular complexity index is 949. The molecule has 0 spiro atoms. The average Bonchev–Trinajstić information content (AvgIpc) is 3.11. The van der Waals surface area contributed by atoms with Gasteiger partial charge in [-0.25, -0.2) is 0 Å². The van der Waals surface area contributed by atoms with Crippen LogP contribution >= 0.6 is 0 Å². The Morgan fingerprint density at radius 1 is 1.07 bits per heavy atom. The zero-order valence-corrected chi connectivity index (χ0v) is 16.1. The molecule has 4 heteroatoms. The second-order valence-corrected chi connectivity index (χ2v) is 6.80. The lowest BCUT2D eigenvalue weighted by Crippen LogP contribution is -2.00. The van der Waals surface area contributed by atoms with Crippen LogP contribution in [0.1, 0.15) is 41.4 Å². The fourth-order valence-corrected chi connectivity index (χ4v) is 2.75. The van der Waals surface area contributed by atoms with Crippen LogP contribution in [0.5, 0.6) is 5.75 Å². The lowest BCUT2D eigenvalue weighted by molar-refractivity contribution is 0.104. The van der Waals surface area contributed by atoms with Gasteiger partial charge < -0.3 is 4.74 Å². The van der Waals surface area contributed by atoms with E-state index in [1.165, 1.54) is 5.56 Å². The van der Waals surface area contributed by atoms with E-state index >= 15 is 0 Å². The largest absolute Gasteiger partial charge is 0.497 e. The zero-order valence-electron chi connectivity index (χ0n) is 16.1. The molecule has 27 heavy (non-hydrogen) atoms. The Hall–Kier alpha value is -3.14. The molecule has 4 nitrogen and oxygen atoms in total. The Labute approximate surface area is 160 Å². The number of methoxy groups -OCH3 is 1. The summed E-state index contributed by atoms with van der Waals surface area (Å²) in [6, 6.07) is 15.6. The summed E-state index contributed by atoms with van der Waals surface area (Å²) in [5.74, 6) is 0.681.